The van der Waals surface area contributed by atoms with Gasteiger partial charge in [0.2, 0.25) is 5.82 Å². The number of hydrogen-bond donors (Lipinski definition) is 0. The van der Waals surface area contributed by atoms with Crippen LogP contribution in [0.3, 0.4) is 0 Å². The number of rotatable bonds is 17. The minimum Gasteiger partial charge on any atom is -0.490 e. The largest absolute Gasteiger partial charge is 0.490 e. The summed E-state index contributed by atoms with van der Waals surface area (Å²) in [6, 6.07) is 19.5. The van der Waals surface area contributed by atoms with Gasteiger partial charge in [-0.3, -0.25) is 0 Å². The van der Waals surface area contributed by atoms with Crippen molar-refractivity contribution >= 4 is 0 Å². The first-order valence-corrected chi connectivity index (χ1v) is 14.8. The van der Waals surface area contributed by atoms with Crippen LogP contribution < -0.4 is 4.74 Å². The first kappa shape index (κ1) is 29.9. The van der Waals surface area contributed by atoms with Gasteiger partial charge >= 0.3 is 0 Å². The number of ether oxygens (including phenoxy) is 1. The maximum atomic E-state index is 14.9. The topological polar surface area (TPSA) is 9.23 Å². The van der Waals surface area contributed by atoms with Crippen LogP contribution in [0.1, 0.15) is 97.0 Å². The fraction of sp³-hybridized carbons (Fsp3) is 0.486. The summed E-state index contributed by atoms with van der Waals surface area (Å²) in [4.78, 5) is 0. The molecule has 3 aromatic rings. The maximum absolute atomic E-state index is 14.9. The second kappa shape index (κ2) is 16.3. The Labute approximate surface area is 229 Å². The van der Waals surface area contributed by atoms with Gasteiger partial charge in [0.05, 0.1) is 6.61 Å². The summed E-state index contributed by atoms with van der Waals surface area (Å²) >= 11 is 0. The lowest BCUT2D eigenvalue weighted by Crippen LogP contribution is -2.03. The van der Waals surface area contributed by atoms with Crippen LogP contribution >= 0.6 is 0 Å². The van der Waals surface area contributed by atoms with Gasteiger partial charge in [0.15, 0.2) is 11.6 Å². The van der Waals surface area contributed by atoms with E-state index in [2.05, 4.69) is 45.0 Å². The predicted molar refractivity (Wildman–Crippen MR) is 158 cm³/mol. The van der Waals surface area contributed by atoms with Crippen LogP contribution in [0.15, 0.2) is 60.7 Å². The highest BCUT2D eigenvalue weighted by atomic mass is 19.2. The Balaban J connectivity index is 1.53. The molecule has 0 aromatic heterocycles. The van der Waals surface area contributed by atoms with Crippen LogP contribution in [-0.4, -0.2) is 6.61 Å². The van der Waals surface area contributed by atoms with Crippen molar-refractivity contribution in [2.45, 2.75) is 97.8 Å². The number of halogens is 2. The summed E-state index contributed by atoms with van der Waals surface area (Å²) in [5.74, 6) is -1.07. The molecule has 206 valence electrons. The second-order valence-corrected chi connectivity index (χ2v) is 10.8. The lowest BCUT2D eigenvalue weighted by Gasteiger charge is -2.12. The summed E-state index contributed by atoms with van der Waals surface area (Å²) in [5.41, 5.74) is 4.47. The Bertz CT molecular complexity index is 1070. The third-order valence-corrected chi connectivity index (χ3v) is 7.48. The Morgan fingerprint density at radius 1 is 0.605 bits per heavy atom. The minimum atomic E-state index is -0.910. The van der Waals surface area contributed by atoms with Crippen molar-refractivity contribution in [1.29, 1.82) is 0 Å². The number of hydrogen-bond acceptors (Lipinski definition) is 1. The van der Waals surface area contributed by atoms with Gasteiger partial charge < -0.3 is 4.74 Å². The summed E-state index contributed by atoms with van der Waals surface area (Å²) in [7, 11) is 0. The molecule has 3 rings (SSSR count). The minimum absolute atomic E-state index is 0.00877. The van der Waals surface area contributed by atoms with Crippen molar-refractivity contribution in [2.75, 3.05) is 6.61 Å². The molecule has 1 unspecified atom stereocenters. The lowest BCUT2D eigenvalue weighted by molar-refractivity contribution is 0.281. The van der Waals surface area contributed by atoms with Crippen LogP contribution in [-0.2, 0) is 6.42 Å². The van der Waals surface area contributed by atoms with Crippen LogP contribution in [0.5, 0.6) is 5.75 Å². The molecule has 0 aliphatic heterocycles. The molecule has 3 aromatic carbocycles. The smallest absolute Gasteiger partial charge is 0.201 e. The molecule has 1 atom stereocenters. The van der Waals surface area contributed by atoms with E-state index in [1.165, 1.54) is 56.9 Å². The zero-order valence-corrected chi connectivity index (χ0v) is 23.7. The fourth-order valence-electron chi connectivity index (χ4n) is 5.10. The molecule has 0 heterocycles. The normalized spacial score (nSPS) is 12.0. The van der Waals surface area contributed by atoms with Gasteiger partial charge in [0.25, 0.3) is 0 Å². The highest BCUT2D eigenvalue weighted by Crippen LogP contribution is 2.31. The Kier molecular flexibility index (Phi) is 12.8. The van der Waals surface area contributed by atoms with Gasteiger partial charge in [0.1, 0.15) is 0 Å². The summed E-state index contributed by atoms with van der Waals surface area (Å²) < 4.78 is 35.2. The molecule has 38 heavy (non-hydrogen) atoms. The molecule has 0 aliphatic carbocycles. The zero-order chi connectivity index (χ0) is 27.2. The van der Waals surface area contributed by atoms with Crippen molar-refractivity contribution in [1.82, 2.24) is 0 Å². The predicted octanol–water partition coefficient (Wildman–Crippen LogP) is 11.2. The molecule has 0 radical (unpaired) electrons. The van der Waals surface area contributed by atoms with Gasteiger partial charge in [0, 0.05) is 5.56 Å². The first-order chi connectivity index (χ1) is 18.5. The zero-order valence-electron chi connectivity index (χ0n) is 23.7. The lowest BCUT2D eigenvalue weighted by atomic mass is 9.98. The monoisotopic (exact) mass is 520 g/mol. The van der Waals surface area contributed by atoms with E-state index in [0.29, 0.717) is 18.1 Å². The van der Waals surface area contributed by atoms with Crippen LogP contribution in [0, 0.1) is 17.6 Å². The van der Waals surface area contributed by atoms with E-state index in [0.717, 1.165) is 36.8 Å². The van der Waals surface area contributed by atoms with Crippen molar-refractivity contribution in [3.63, 3.8) is 0 Å². The molecule has 0 aliphatic rings. The molecule has 0 saturated carbocycles. The first-order valence-electron chi connectivity index (χ1n) is 14.8. The highest BCUT2D eigenvalue weighted by Gasteiger charge is 2.16. The molecule has 0 spiro atoms. The number of aryl methyl sites for hydroxylation is 1. The third kappa shape index (κ3) is 9.26. The third-order valence-electron chi connectivity index (χ3n) is 7.48. The van der Waals surface area contributed by atoms with Crippen LogP contribution in [0.2, 0.25) is 0 Å². The van der Waals surface area contributed by atoms with E-state index in [-0.39, 0.29) is 11.3 Å². The molecule has 0 N–H and O–H groups in total. The van der Waals surface area contributed by atoms with E-state index < -0.39 is 11.6 Å². The van der Waals surface area contributed by atoms with Crippen molar-refractivity contribution in [3.05, 3.63) is 77.9 Å². The quantitative estimate of drug-likeness (QED) is 0.161. The Morgan fingerprint density at radius 3 is 1.92 bits per heavy atom. The average Bonchev–Trinajstić information content (AvgIpc) is 2.93. The van der Waals surface area contributed by atoms with Crippen molar-refractivity contribution in [3.8, 4) is 28.0 Å². The van der Waals surface area contributed by atoms with Crippen molar-refractivity contribution in [2.24, 2.45) is 5.92 Å². The number of benzene rings is 3. The van der Waals surface area contributed by atoms with Gasteiger partial charge in [-0.15, -0.1) is 0 Å². The van der Waals surface area contributed by atoms with Gasteiger partial charge in [-0.1, -0.05) is 121 Å². The van der Waals surface area contributed by atoms with Gasteiger partial charge in [-0.2, -0.15) is 4.39 Å². The maximum Gasteiger partial charge on any atom is 0.201 e. The molecule has 0 fully saturated rings. The van der Waals surface area contributed by atoms with Crippen molar-refractivity contribution < 1.29 is 13.5 Å². The molecule has 1 nitrogen and oxygen atoms in total. The number of unbranched alkanes of at least 4 members (excludes halogenated alkanes) is 6. The van der Waals surface area contributed by atoms with Gasteiger partial charge in [-0.25, -0.2) is 4.39 Å². The van der Waals surface area contributed by atoms with E-state index in [4.69, 9.17) is 4.74 Å². The highest BCUT2D eigenvalue weighted by molar-refractivity contribution is 5.71. The molecule has 0 saturated heterocycles. The van der Waals surface area contributed by atoms with Crippen LogP contribution in [0.25, 0.3) is 22.3 Å². The van der Waals surface area contributed by atoms with E-state index in [1.54, 1.807) is 12.1 Å². The average molecular weight is 521 g/mol. The molecular weight excluding hydrogens is 474 g/mol. The fourth-order valence-corrected chi connectivity index (χ4v) is 5.10. The molecular formula is C35H46F2O. The van der Waals surface area contributed by atoms with E-state index in [9.17, 15) is 8.78 Å². The van der Waals surface area contributed by atoms with E-state index >= 15 is 0 Å². The molecule has 3 heteroatoms. The standard InChI is InChI=1S/C35H46F2O/c1-4-6-7-8-9-10-15-28-16-18-29(19-17-28)30-20-22-31(23-21-30)32-24-25-33(35(37)34(32)36)38-26-12-11-14-27(3)13-5-2/h16-25,27H,4-15,26H2,1-3H3. The van der Waals surface area contributed by atoms with Crippen LogP contribution in [0.4, 0.5) is 8.78 Å². The second-order valence-electron chi connectivity index (χ2n) is 10.8. The van der Waals surface area contributed by atoms with Gasteiger partial charge in [-0.05, 0) is 66.0 Å². The summed E-state index contributed by atoms with van der Waals surface area (Å²) in [6.45, 7) is 7.11. The summed E-state index contributed by atoms with van der Waals surface area (Å²) in [5, 5.41) is 0. The Morgan fingerprint density at radius 2 is 1.24 bits per heavy atom. The van der Waals surface area contributed by atoms with E-state index in [1.807, 2.05) is 24.3 Å². The summed E-state index contributed by atoms with van der Waals surface area (Å²) in [6.07, 6.45) is 14.4. The Hall–Kier alpha value is -2.68. The molecule has 0 bridgehead atoms. The SMILES string of the molecule is CCCCCCCCc1ccc(-c2ccc(-c3ccc(OCCCCC(C)CCC)c(F)c3F)cc2)cc1. The molecule has 0 amide bonds.